The summed E-state index contributed by atoms with van der Waals surface area (Å²) in [5, 5.41) is 4.43. The van der Waals surface area contributed by atoms with Crippen molar-refractivity contribution in [2.24, 2.45) is 0 Å². The van der Waals surface area contributed by atoms with E-state index in [1.807, 2.05) is 25.1 Å². The summed E-state index contributed by atoms with van der Waals surface area (Å²) in [7, 11) is 3.14. The fourth-order valence-corrected chi connectivity index (χ4v) is 3.99. The molecule has 1 aliphatic rings. The lowest BCUT2D eigenvalue weighted by Crippen LogP contribution is -2.25. The lowest BCUT2D eigenvalue weighted by Gasteiger charge is -2.14. The van der Waals surface area contributed by atoms with Gasteiger partial charge in [0.05, 0.1) is 19.5 Å². The average Bonchev–Trinajstić information content (AvgIpc) is 3.02. The van der Waals surface area contributed by atoms with Crippen LogP contribution in [0.5, 0.6) is 11.5 Å². The number of nitrogens with one attached hydrogen (secondary N) is 2. The number of aryl methyl sites for hydroxylation is 1. The molecular formula is C21H22N2O5S. The van der Waals surface area contributed by atoms with Crippen molar-refractivity contribution in [3.63, 3.8) is 0 Å². The molecule has 0 aliphatic carbocycles. The molecule has 3 rings (SSSR count). The van der Waals surface area contributed by atoms with E-state index < -0.39 is 5.25 Å². The van der Waals surface area contributed by atoms with Crippen LogP contribution in [0.3, 0.4) is 0 Å². The van der Waals surface area contributed by atoms with E-state index in [1.54, 1.807) is 32.4 Å². The van der Waals surface area contributed by atoms with E-state index in [0.29, 0.717) is 23.5 Å². The summed E-state index contributed by atoms with van der Waals surface area (Å²) in [5.74, 6) is 0.857. The smallest absolute Gasteiger partial charge is 0.286 e. The van der Waals surface area contributed by atoms with Crippen molar-refractivity contribution in [1.29, 1.82) is 0 Å². The van der Waals surface area contributed by atoms with E-state index in [0.717, 1.165) is 28.5 Å². The minimum atomic E-state index is -0.444. The van der Waals surface area contributed by atoms with Gasteiger partial charge in [0.1, 0.15) is 11.5 Å². The second-order valence-electron chi connectivity index (χ2n) is 6.60. The summed E-state index contributed by atoms with van der Waals surface area (Å²) in [6, 6.07) is 10.8. The molecule has 1 aliphatic heterocycles. The van der Waals surface area contributed by atoms with E-state index in [1.165, 1.54) is 0 Å². The largest absolute Gasteiger partial charge is 0.497 e. The highest BCUT2D eigenvalue weighted by Gasteiger charge is 2.31. The van der Waals surface area contributed by atoms with Gasteiger partial charge < -0.3 is 14.8 Å². The van der Waals surface area contributed by atoms with Crippen molar-refractivity contribution in [2.45, 2.75) is 25.1 Å². The Kier molecular flexibility index (Phi) is 6.43. The zero-order valence-electron chi connectivity index (χ0n) is 16.4. The quantitative estimate of drug-likeness (QED) is 0.724. The molecule has 0 aromatic heterocycles. The van der Waals surface area contributed by atoms with E-state index >= 15 is 0 Å². The van der Waals surface area contributed by atoms with Gasteiger partial charge in [-0.1, -0.05) is 23.9 Å². The van der Waals surface area contributed by atoms with Crippen LogP contribution in [0.1, 0.15) is 27.0 Å². The molecule has 3 amide bonds. The molecule has 7 nitrogen and oxygen atoms in total. The summed E-state index contributed by atoms with van der Waals surface area (Å²) in [6.07, 6.45) is 0.421. The first-order valence-electron chi connectivity index (χ1n) is 9.01. The number of ether oxygens (including phenoxy) is 2. The molecule has 1 atom stereocenters. The number of methoxy groups -OCH3 is 2. The topological polar surface area (TPSA) is 93.7 Å². The minimum absolute atomic E-state index is 0.200. The third-order valence-electron chi connectivity index (χ3n) is 4.65. The number of thioether (sulfide) groups is 1. The molecule has 2 N–H and O–H groups in total. The average molecular weight is 414 g/mol. The number of hydrogen-bond donors (Lipinski definition) is 2. The molecule has 0 saturated carbocycles. The lowest BCUT2D eigenvalue weighted by atomic mass is 10.0. The molecule has 0 radical (unpaired) electrons. The Balaban J connectivity index is 1.71. The number of carbonyl (C=O) groups is 3. The first kappa shape index (κ1) is 20.7. The summed E-state index contributed by atoms with van der Waals surface area (Å²) >= 11 is 0.994. The highest BCUT2D eigenvalue weighted by Crippen LogP contribution is 2.26. The third-order valence-corrected chi connectivity index (χ3v) is 5.63. The van der Waals surface area contributed by atoms with Gasteiger partial charge in [-0.05, 0) is 48.7 Å². The highest BCUT2D eigenvalue weighted by atomic mass is 32.2. The lowest BCUT2D eigenvalue weighted by molar-refractivity contribution is -0.118. The Morgan fingerprint density at radius 2 is 1.93 bits per heavy atom. The van der Waals surface area contributed by atoms with E-state index in [9.17, 15) is 14.4 Å². The third kappa shape index (κ3) is 4.89. The molecular weight excluding hydrogens is 392 g/mol. The highest BCUT2D eigenvalue weighted by molar-refractivity contribution is 8.15. The molecule has 1 fully saturated rings. The molecule has 8 heteroatoms. The molecule has 0 spiro atoms. The fourth-order valence-electron chi connectivity index (χ4n) is 3.13. The maximum atomic E-state index is 12.6. The van der Waals surface area contributed by atoms with Gasteiger partial charge in [0.2, 0.25) is 5.91 Å². The van der Waals surface area contributed by atoms with Gasteiger partial charge in [0.15, 0.2) is 0 Å². The van der Waals surface area contributed by atoms with Gasteiger partial charge in [-0.15, -0.1) is 0 Å². The summed E-state index contributed by atoms with van der Waals surface area (Å²) in [5.41, 5.74) is 3.06. The predicted octanol–water partition coefficient (Wildman–Crippen LogP) is 2.84. The van der Waals surface area contributed by atoms with Gasteiger partial charge in [0, 0.05) is 17.7 Å². The van der Waals surface area contributed by atoms with Gasteiger partial charge in [-0.2, -0.15) is 0 Å². The first-order valence-corrected chi connectivity index (χ1v) is 9.89. The van der Waals surface area contributed by atoms with E-state index in [-0.39, 0.29) is 23.6 Å². The molecule has 2 aromatic carbocycles. The maximum Gasteiger partial charge on any atom is 0.286 e. The second kappa shape index (κ2) is 9.00. The zero-order chi connectivity index (χ0) is 21.0. The molecule has 1 heterocycles. The first-order chi connectivity index (χ1) is 13.9. The summed E-state index contributed by atoms with van der Waals surface area (Å²) in [6.45, 7) is 2.12. The van der Waals surface area contributed by atoms with Crippen molar-refractivity contribution in [2.75, 3.05) is 14.2 Å². The van der Waals surface area contributed by atoms with E-state index in [2.05, 4.69) is 10.6 Å². The van der Waals surface area contributed by atoms with Crippen LogP contribution < -0.4 is 20.1 Å². The molecule has 1 unspecified atom stereocenters. The number of imide groups is 1. The normalized spacial score (nSPS) is 15.8. The number of carbonyl (C=O) groups excluding carboxylic acids is 3. The number of rotatable bonds is 7. The van der Waals surface area contributed by atoms with Gasteiger partial charge >= 0.3 is 0 Å². The monoisotopic (exact) mass is 414 g/mol. The van der Waals surface area contributed by atoms with Gasteiger partial charge in [0.25, 0.3) is 11.1 Å². The SMILES string of the molecule is COc1ccc(C(=O)NCc2cc(CC3SC(=O)NC3=O)ccc2OC)c(C)c1. The van der Waals surface area contributed by atoms with Crippen LogP contribution >= 0.6 is 11.8 Å². The van der Waals surface area contributed by atoms with Crippen LogP contribution in [0.2, 0.25) is 0 Å². The predicted molar refractivity (Wildman–Crippen MR) is 111 cm³/mol. The Hall–Kier alpha value is -3.00. The Morgan fingerprint density at radius 1 is 1.14 bits per heavy atom. The van der Waals surface area contributed by atoms with Crippen LogP contribution in [0.4, 0.5) is 4.79 Å². The van der Waals surface area contributed by atoms with Crippen molar-refractivity contribution in [3.8, 4) is 11.5 Å². The fraction of sp³-hybridized carbons (Fsp3) is 0.286. The van der Waals surface area contributed by atoms with Crippen molar-refractivity contribution < 1.29 is 23.9 Å². The molecule has 152 valence electrons. The number of benzene rings is 2. The van der Waals surface area contributed by atoms with Crippen LogP contribution in [-0.4, -0.2) is 36.5 Å². The molecule has 29 heavy (non-hydrogen) atoms. The maximum absolute atomic E-state index is 12.6. The number of amides is 3. The second-order valence-corrected chi connectivity index (χ2v) is 7.77. The number of hydrogen-bond acceptors (Lipinski definition) is 6. The van der Waals surface area contributed by atoms with Crippen LogP contribution in [0.25, 0.3) is 0 Å². The Morgan fingerprint density at radius 3 is 2.55 bits per heavy atom. The summed E-state index contributed by atoms with van der Waals surface area (Å²) in [4.78, 5) is 35.8. The summed E-state index contributed by atoms with van der Waals surface area (Å²) < 4.78 is 10.6. The van der Waals surface area contributed by atoms with Crippen molar-refractivity contribution >= 4 is 28.8 Å². The van der Waals surface area contributed by atoms with E-state index in [4.69, 9.17) is 9.47 Å². The van der Waals surface area contributed by atoms with Crippen LogP contribution in [0.15, 0.2) is 36.4 Å². The Bertz CT molecular complexity index is 960. The molecule has 2 aromatic rings. The van der Waals surface area contributed by atoms with Crippen LogP contribution in [0, 0.1) is 6.92 Å². The molecule has 1 saturated heterocycles. The zero-order valence-corrected chi connectivity index (χ0v) is 17.2. The van der Waals surface area contributed by atoms with Gasteiger partial charge in [-0.25, -0.2) is 0 Å². The Labute approximate surface area is 173 Å². The van der Waals surface area contributed by atoms with Crippen molar-refractivity contribution in [3.05, 3.63) is 58.7 Å². The standard InChI is InChI=1S/C21H22N2O5S/c1-12-8-15(27-2)5-6-16(12)19(24)22-11-14-9-13(4-7-17(14)28-3)10-18-20(25)23-21(26)29-18/h4-9,18H,10-11H2,1-3H3,(H,22,24)(H,23,25,26). The van der Waals surface area contributed by atoms with Gasteiger partial charge in [-0.3, -0.25) is 19.7 Å². The minimum Gasteiger partial charge on any atom is -0.497 e. The molecule has 0 bridgehead atoms. The van der Waals surface area contributed by atoms with Crippen molar-refractivity contribution in [1.82, 2.24) is 10.6 Å². The van der Waals surface area contributed by atoms with Crippen LogP contribution in [-0.2, 0) is 17.8 Å².